The number of ether oxygens (including phenoxy) is 3. The van der Waals surface area contributed by atoms with Gasteiger partial charge in [0.05, 0.1) is 12.5 Å². The van der Waals surface area contributed by atoms with Gasteiger partial charge >= 0.3 is 5.97 Å². The molecule has 0 aliphatic heterocycles. The van der Waals surface area contributed by atoms with Crippen LogP contribution in [0, 0.1) is 5.92 Å². The minimum atomic E-state index is -0.302. The summed E-state index contributed by atoms with van der Waals surface area (Å²) in [4.78, 5) is 11.6. The van der Waals surface area contributed by atoms with Crippen LogP contribution in [0.5, 0.6) is 0 Å². The number of rotatable bonds is 9. The molecule has 0 rings (SSSR count). The van der Waals surface area contributed by atoms with Gasteiger partial charge in [-0.3, -0.25) is 4.79 Å². The molecule has 0 saturated heterocycles. The third-order valence-corrected chi connectivity index (χ3v) is 2.29. The number of carbonyl (C=O) groups is 1. The molecule has 0 unspecified atom stereocenters. The molecule has 0 aromatic heterocycles. The first-order chi connectivity index (χ1) is 7.69. The van der Waals surface area contributed by atoms with Gasteiger partial charge in [0.2, 0.25) is 0 Å². The van der Waals surface area contributed by atoms with E-state index in [1.807, 2.05) is 27.7 Å². The number of hydrogen-bond acceptors (Lipinski definition) is 4. The first kappa shape index (κ1) is 15.4. The van der Waals surface area contributed by atoms with Gasteiger partial charge in [-0.25, -0.2) is 0 Å². The lowest BCUT2D eigenvalue weighted by Crippen LogP contribution is -2.26. The molecule has 0 radical (unpaired) electrons. The fourth-order valence-electron chi connectivity index (χ4n) is 1.48. The molecular formula is C12H24O4. The van der Waals surface area contributed by atoms with Crippen molar-refractivity contribution in [2.75, 3.05) is 19.8 Å². The summed E-state index contributed by atoms with van der Waals surface area (Å²) >= 11 is 0. The molecule has 0 amide bonds. The van der Waals surface area contributed by atoms with E-state index in [-0.39, 0.29) is 18.2 Å². The van der Waals surface area contributed by atoms with Crippen LogP contribution in [0.1, 0.15) is 40.5 Å². The Balaban J connectivity index is 4.18. The predicted octanol–water partition coefficient (Wildman–Crippen LogP) is 2.36. The topological polar surface area (TPSA) is 44.8 Å². The zero-order chi connectivity index (χ0) is 12.4. The van der Waals surface area contributed by atoms with E-state index < -0.39 is 0 Å². The van der Waals surface area contributed by atoms with Gasteiger partial charge in [-0.15, -0.1) is 0 Å². The van der Waals surface area contributed by atoms with Gasteiger partial charge in [-0.1, -0.05) is 6.92 Å². The predicted molar refractivity (Wildman–Crippen MR) is 62.1 cm³/mol. The van der Waals surface area contributed by atoms with E-state index >= 15 is 0 Å². The highest BCUT2D eigenvalue weighted by Gasteiger charge is 2.23. The molecule has 0 aliphatic rings. The van der Waals surface area contributed by atoms with E-state index in [0.29, 0.717) is 26.2 Å². The first-order valence-electron chi connectivity index (χ1n) is 6.09. The van der Waals surface area contributed by atoms with Crippen molar-refractivity contribution in [1.29, 1.82) is 0 Å². The summed E-state index contributed by atoms with van der Waals surface area (Å²) in [6.45, 7) is 9.20. The molecule has 0 fully saturated rings. The highest BCUT2D eigenvalue weighted by Crippen LogP contribution is 2.16. The average molecular weight is 232 g/mol. The molecule has 16 heavy (non-hydrogen) atoms. The average Bonchev–Trinajstić information content (AvgIpc) is 2.26. The van der Waals surface area contributed by atoms with Crippen molar-refractivity contribution in [2.24, 2.45) is 5.92 Å². The van der Waals surface area contributed by atoms with Crippen LogP contribution in [-0.2, 0) is 19.0 Å². The monoisotopic (exact) mass is 232 g/mol. The number of carbonyl (C=O) groups excluding carboxylic acids is 1. The van der Waals surface area contributed by atoms with Crippen molar-refractivity contribution in [3.8, 4) is 0 Å². The van der Waals surface area contributed by atoms with Crippen LogP contribution in [0.4, 0.5) is 0 Å². The molecular weight excluding hydrogens is 208 g/mol. The maximum atomic E-state index is 11.6. The Kier molecular flexibility index (Phi) is 9.24. The van der Waals surface area contributed by atoms with Crippen LogP contribution in [0.25, 0.3) is 0 Å². The Hall–Kier alpha value is -0.610. The third-order valence-electron chi connectivity index (χ3n) is 2.29. The third kappa shape index (κ3) is 6.08. The standard InChI is InChI=1S/C12H24O4/c1-5-10(12(13)16-8-4)9-11(14-6-2)15-7-3/h10-11H,5-9H2,1-4H3/t10-/m1/s1. The van der Waals surface area contributed by atoms with E-state index in [2.05, 4.69) is 0 Å². The normalized spacial score (nSPS) is 12.8. The molecule has 0 aromatic rings. The van der Waals surface area contributed by atoms with E-state index in [0.717, 1.165) is 6.42 Å². The van der Waals surface area contributed by atoms with Gasteiger partial charge in [0, 0.05) is 19.6 Å². The molecule has 0 aliphatic carbocycles. The van der Waals surface area contributed by atoms with E-state index in [4.69, 9.17) is 14.2 Å². The molecule has 0 N–H and O–H groups in total. The molecule has 1 atom stereocenters. The maximum Gasteiger partial charge on any atom is 0.309 e. The van der Waals surface area contributed by atoms with Gasteiger partial charge in [0.1, 0.15) is 0 Å². The van der Waals surface area contributed by atoms with E-state index in [9.17, 15) is 4.79 Å². The molecule has 4 nitrogen and oxygen atoms in total. The van der Waals surface area contributed by atoms with Gasteiger partial charge < -0.3 is 14.2 Å². The minimum absolute atomic E-state index is 0.136. The summed E-state index contributed by atoms with van der Waals surface area (Å²) in [7, 11) is 0. The van der Waals surface area contributed by atoms with Crippen LogP contribution in [0.15, 0.2) is 0 Å². The second-order valence-corrected chi connectivity index (χ2v) is 3.43. The highest BCUT2D eigenvalue weighted by atomic mass is 16.7. The van der Waals surface area contributed by atoms with Crippen LogP contribution in [-0.4, -0.2) is 32.1 Å². The quantitative estimate of drug-likeness (QED) is 0.452. The highest BCUT2D eigenvalue weighted by molar-refractivity contribution is 5.72. The fraction of sp³-hybridized carbons (Fsp3) is 0.917. The van der Waals surface area contributed by atoms with Crippen LogP contribution in [0.2, 0.25) is 0 Å². The van der Waals surface area contributed by atoms with Gasteiger partial charge in [0.15, 0.2) is 6.29 Å². The summed E-state index contributed by atoms with van der Waals surface area (Å²) in [5.74, 6) is -0.294. The molecule has 0 spiro atoms. The minimum Gasteiger partial charge on any atom is -0.466 e. The summed E-state index contributed by atoms with van der Waals surface area (Å²) in [6.07, 6.45) is 1.01. The lowest BCUT2D eigenvalue weighted by atomic mass is 10.0. The van der Waals surface area contributed by atoms with E-state index in [1.54, 1.807) is 0 Å². The largest absolute Gasteiger partial charge is 0.466 e. The maximum absolute atomic E-state index is 11.6. The Morgan fingerprint density at radius 2 is 1.56 bits per heavy atom. The SMILES string of the molecule is CCOC(=O)[C@H](CC)CC(OCC)OCC. The molecule has 4 heteroatoms. The smallest absolute Gasteiger partial charge is 0.309 e. The molecule has 0 aromatic carbocycles. The summed E-state index contributed by atoms with van der Waals surface area (Å²) in [5, 5.41) is 0. The second-order valence-electron chi connectivity index (χ2n) is 3.43. The van der Waals surface area contributed by atoms with Crippen molar-refractivity contribution in [3.05, 3.63) is 0 Å². The van der Waals surface area contributed by atoms with Crippen molar-refractivity contribution >= 4 is 5.97 Å². The Bertz CT molecular complexity index is 176. The molecule has 96 valence electrons. The van der Waals surface area contributed by atoms with Crippen LogP contribution < -0.4 is 0 Å². The lowest BCUT2D eigenvalue weighted by Gasteiger charge is -2.21. The fourth-order valence-corrected chi connectivity index (χ4v) is 1.48. The van der Waals surface area contributed by atoms with Gasteiger partial charge in [-0.05, 0) is 27.2 Å². The van der Waals surface area contributed by atoms with Crippen molar-refractivity contribution in [2.45, 2.75) is 46.8 Å². The van der Waals surface area contributed by atoms with Crippen LogP contribution in [0.3, 0.4) is 0 Å². The van der Waals surface area contributed by atoms with Crippen LogP contribution >= 0.6 is 0 Å². The number of hydrogen-bond donors (Lipinski definition) is 0. The molecule has 0 saturated carbocycles. The first-order valence-corrected chi connectivity index (χ1v) is 6.09. The van der Waals surface area contributed by atoms with Gasteiger partial charge in [-0.2, -0.15) is 0 Å². The zero-order valence-electron chi connectivity index (χ0n) is 10.8. The summed E-state index contributed by atoms with van der Waals surface area (Å²) in [5.41, 5.74) is 0. The summed E-state index contributed by atoms with van der Waals surface area (Å²) < 4.78 is 15.8. The summed E-state index contributed by atoms with van der Waals surface area (Å²) in [6, 6.07) is 0. The Morgan fingerprint density at radius 1 is 1.00 bits per heavy atom. The Labute approximate surface area is 98.3 Å². The zero-order valence-corrected chi connectivity index (χ0v) is 10.8. The molecule has 0 bridgehead atoms. The van der Waals surface area contributed by atoms with Crippen molar-refractivity contribution in [3.63, 3.8) is 0 Å². The van der Waals surface area contributed by atoms with E-state index in [1.165, 1.54) is 0 Å². The Morgan fingerprint density at radius 3 is 1.94 bits per heavy atom. The van der Waals surface area contributed by atoms with Crippen molar-refractivity contribution in [1.82, 2.24) is 0 Å². The number of esters is 1. The lowest BCUT2D eigenvalue weighted by molar-refractivity contribution is -0.164. The van der Waals surface area contributed by atoms with Gasteiger partial charge in [0.25, 0.3) is 0 Å². The van der Waals surface area contributed by atoms with Crippen molar-refractivity contribution < 1.29 is 19.0 Å². The molecule has 0 heterocycles. The second kappa shape index (κ2) is 9.60.